The van der Waals surface area contributed by atoms with Crippen molar-refractivity contribution in [2.45, 2.75) is 13.5 Å². The van der Waals surface area contributed by atoms with Gasteiger partial charge in [-0.1, -0.05) is 60.7 Å². The largest absolute Gasteiger partial charge is 0.323 e. The molecule has 4 aromatic rings. The number of para-hydroxylation sites is 1. The second-order valence-corrected chi connectivity index (χ2v) is 6.54. The first-order valence-corrected chi connectivity index (χ1v) is 9.18. The molecule has 138 valence electrons. The SMILES string of the molecule is Cc1cccc(Nc2nncc(N(Cc3ccccc3)c3ccccc3)n2)c1. The van der Waals surface area contributed by atoms with E-state index in [2.05, 4.69) is 63.7 Å². The summed E-state index contributed by atoms with van der Waals surface area (Å²) < 4.78 is 0. The van der Waals surface area contributed by atoms with Gasteiger partial charge in [-0.05, 0) is 42.3 Å². The van der Waals surface area contributed by atoms with Crippen molar-refractivity contribution in [2.24, 2.45) is 0 Å². The maximum absolute atomic E-state index is 4.71. The lowest BCUT2D eigenvalue weighted by atomic mass is 10.2. The van der Waals surface area contributed by atoms with Gasteiger partial charge < -0.3 is 10.2 Å². The molecule has 0 fully saturated rings. The van der Waals surface area contributed by atoms with Gasteiger partial charge in [-0.15, -0.1) is 5.10 Å². The van der Waals surface area contributed by atoms with E-state index in [1.807, 2.05) is 48.5 Å². The van der Waals surface area contributed by atoms with Crippen LogP contribution in [0.4, 0.5) is 23.1 Å². The molecule has 0 unspecified atom stereocenters. The molecule has 1 heterocycles. The minimum absolute atomic E-state index is 0.470. The van der Waals surface area contributed by atoms with Crippen LogP contribution in [0.1, 0.15) is 11.1 Å². The van der Waals surface area contributed by atoms with Gasteiger partial charge in [-0.3, -0.25) is 0 Å². The van der Waals surface area contributed by atoms with Crippen LogP contribution in [0.5, 0.6) is 0 Å². The smallest absolute Gasteiger partial charge is 0.249 e. The number of nitrogens with zero attached hydrogens (tertiary/aromatic N) is 4. The number of rotatable bonds is 6. The van der Waals surface area contributed by atoms with E-state index < -0.39 is 0 Å². The number of anilines is 4. The molecular formula is C23H21N5. The first-order chi connectivity index (χ1) is 13.8. The standard InChI is InChI=1S/C23H21N5/c1-18-9-8-12-20(15-18)25-23-26-22(16-24-27-23)28(21-13-6-3-7-14-21)17-19-10-4-2-5-11-19/h2-16H,17H2,1H3,(H,25,26,27). The maximum atomic E-state index is 4.71. The summed E-state index contributed by atoms with van der Waals surface area (Å²) in [6.45, 7) is 2.74. The van der Waals surface area contributed by atoms with Crippen molar-refractivity contribution in [3.8, 4) is 0 Å². The number of hydrogen-bond donors (Lipinski definition) is 1. The van der Waals surface area contributed by atoms with Crippen LogP contribution in [0, 0.1) is 6.92 Å². The zero-order valence-electron chi connectivity index (χ0n) is 15.7. The third-order valence-corrected chi connectivity index (χ3v) is 4.35. The highest BCUT2D eigenvalue weighted by Gasteiger charge is 2.13. The van der Waals surface area contributed by atoms with Crippen LogP contribution in [0.15, 0.2) is 91.1 Å². The van der Waals surface area contributed by atoms with Crippen LogP contribution in [-0.4, -0.2) is 15.2 Å². The van der Waals surface area contributed by atoms with Gasteiger partial charge in [-0.25, -0.2) is 0 Å². The normalized spacial score (nSPS) is 10.5. The zero-order chi connectivity index (χ0) is 19.2. The first-order valence-electron chi connectivity index (χ1n) is 9.18. The molecule has 0 saturated carbocycles. The van der Waals surface area contributed by atoms with E-state index in [9.17, 15) is 0 Å². The van der Waals surface area contributed by atoms with Gasteiger partial charge in [0.25, 0.3) is 0 Å². The van der Waals surface area contributed by atoms with Crippen LogP contribution in [0.2, 0.25) is 0 Å². The second-order valence-electron chi connectivity index (χ2n) is 6.54. The molecule has 1 N–H and O–H groups in total. The van der Waals surface area contributed by atoms with Crippen molar-refractivity contribution < 1.29 is 0 Å². The predicted octanol–water partition coefficient (Wildman–Crippen LogP) is 5.26. The Morgan fingerprint density at radius 1 is 0.857 bits per heavy atom. The quantitative estimate of drug-likeness (QED) is 0.504. The third kappa shape index (κ3) is 4.32. The average molecular weight is 367 g/mol. The van der Waals surface area contributed by atoms with Crippen molar-refractivity contribution in [1.29, 1.82) is 0 Å². The summed E-state index contributed by atoms with van der Waals surface area (Å²) in [5.74, 6) is 1.21. The molecule has 0 aliphatic carbocycles. The molecule has 0 amide bonds. The number of aryl methyl sites for hydroxylation is 1. The molecule has 0 atom stereocenters. The van der Waals surface area contributed by atoms with Gasteiger partial charge in [0.1, 0.15) is 0 Å². The Morgan fingerprint density at radius 3 is 2.36 bits per heavy atom. The Labute approximate surface area is 164 Å². The minimum atomic E-state index is 0.470. The van der Waals surface area contributed by atoms with E-state index in [1.165, 1.54) is 11.1 Å². The fourth-order valence-electron chi connectivity index (χ4n) is 3.01. The highest BCUT2D eigenvalue weighted by Crippen LogP contribution is 2.26. The summed E-state index contributed by atoms with van der Waals surface area (Å²) in [4.78, 5) is 6.84. The lowest BCUT2D eigenvalue weighted by molar-refractivity contribution is 0.900. The lowest BCUT2D eigenvalue weighted by Crippen LogP contribution is -2.18. The molecular weight excluding hydrogens is 346 g/mol. The topological polar surface area (TPSA) is 53.9 Å². The van der Waals surface area contributed by atoms with E-state index >= 15 is 0 Å². The van der Waals surface area contributed by atoms with Crippen molar-refractivity contribution in [3.63, 3.8) is 0 Å². The molecule has 1 aromatic heterocycles. The van der Waals surface area contributed by atoms with Crippen molar-refractivity contribution >= 4 is 23.1 Å². The fourth-order valence-corrected chi connectivity index (χ4v) is 3.01. The minimum Gasteiger partial charge on any atom is -0.323 e. The lowest BCUT2D eigenvalue weighted by Gasteiger charge is -2.24. The molecule has 0 aliphatic heterocycles. The van der Waals surface area contributed by atoms with Crippen molar-refractivity contribution in [2.75, 3.05) is 10.2 Å². The van der Waals surface area contributed by atoms with Crippen molar-refractivity contribution in [3.05, 3.63) is 102 Å². The third-order valence-electron chi connectivity index (χ3n) is 4.35. The predicted molar refractivity (Wildman–Crippen MR) is 113 cm³/mol. The summed E-state index contributed by atoms with van der Waals surface area (Å²) in [5.41, 5.74) is 4.35. The summed E-state index contributed by atoms with van der Waals surface area (Å²) in [7, 11) is 0. The van der Waals surface area contributed by atoms with Gasteiger partial charge in [0, 0.05) is 17.9 Å². The molecule has 4 rings (SSSR count). The van der Waals surface area contributed by atoms with Crippen LogP contribution in [0.3, 0.4) is 0 Å². The summed E-state index contributed by atoms with van der Waals surface area (Å²) >= 11 is 0. The molecule has 5 nitrogen and oxygen atoms in total. The van der Waals surface area contributed by atoms with E-state index in [4.69, 9.17) is 4.98 Å². The molecule has 0 aliphatic rings. The van der Waals surface area contributed by atoms with Crippen LogP contribution >= 0.6 is 0 Å². The summed E-state index contributed by atoms with van der Waals surface area (Å²) in [6.07, 6.45) is 1.69. The van der Waals surface area contributed by atoms with Gasteiger partial charge >= 0.3 is 0 Å². The highest BCUT2D eigenvalue weighted by atomic mass is 15.3. The first kappa shape index (κ1) is 17.7. The maximum Gasteiger partial charge on any atom is 0.249 e. The average Bonchev–Trinajstić information content (AvgIpc) is 2.74. The molecule has 28 heavy (non-hydrogen) atoms. The summed E-state index contributed by atoms with van der Waals surface area (Å²) in [6, 6.07) is 28.6. The Morgan fingerprint density at radius 2 is 1.61 bits per heavy atom. The van der Waals surface area contributed by atoms with E-state index in [-0.39, 0.29) is 0 Å². The summed E-state index contributed by atoms with van der Waals surface area (Å²) in [5, 5.41) is 11.6. The van der Waals surface area contributed by atoms with Gasteiger partial charge in [0.2, 0.25) is 5.95 Å². The van der Waals surface area contributed by atoms with E-state index in [1.54, 1.807) is 6.20 Å². The van der Waals surface area contributed by atoms with Crippen LogP contribution in [-0.2, 0) is 6.54 Å². The molecule has 5 heteroatoms. The number of aromatic nitrogens is 3. The second kappa shape index (κ2) is 8.31. The Bertz CT molecular complexity index is 1030. The molecule has 3 aromatic carbocycles. The fraction of sp³-hybridized carbons (Fsp3) is 0.0870. The highest BCUT2D eigenvalue weighted by molar-refractivity contribution is 5.61. The zero-order valence-corrected chi connectivity index (χ0v) is 15.7. The monoisotopic (exact) mass is 367 g/mol. The molecule has 0 spiro atoms. The van der Waals surface area contributed by atoms with E-state index in [0.29, 0.717) is 12.5 Å². The van der Waals surface area contributed by atoms with Crippen molar-refractivity contribution in [1.82, 2.24) is 15.2 Å². The van der Waals surface area contributed by atoms with Gasteiger partial charge in [0.15, 0.2) is 5.82 Å². The number of benzene rings is 3. The Hall–Kier alpha value is -3.73. The Kier molecular flexibility index (Phi) is 5.24. The molecule has 0 radical (unpaired) electrons. The van der Waals surface area contributed by atoms with Crippen LogP contribution < -0.4 is 10.2 Å². The Balaban J connectivity index is 1.66. The van der Waals surface area contributed by atoms with Gasteiger partial charge in [-0.2, -0.15) is 10.1 Å². The van der Waals surface area contributed by atoms with Crippen LogP contribution in [0.25, 0.3) is 0 Å². The molecule has 0 bridgehead atoms. The molecule has 0 saturated heterocycles. The number of hydrogen-bond acceptors (Lipinski definition) is 5. The van der Waals surface area contributed by atoms with E-state index in [0.717, 1.165) is 17.2 Å². The number of nitrogens with one attached hydrogen (secondary N) is 1. The van der Waals surface area contributed by atoms with Gasteiger partial charge in [0.05, 0.1) is 6.20 Å².